The van der Waals surface area contributed by atoms with E-state index in [4.69, 9.17) is 9.47 Å². The van der Waals surface area contributed by atoms with Crippen LogP contribution in [0.15, 0.2) is 24.8 Å². The summed E-state index contributed by atoms with van der Waals surface area (Å²) in [6.07, 6.45) is 5.76. The second kappa shape index (κ2) is 6.37. The van der Waals surface area contributed by atoms with Gasteiger partial charge in [0.15, 0.2) is 0 Å². The van der Waals surface area contributed by atoms with Crippen molar-refractivity contribution in [1.82, 2.24) is 24.6 Å². The molecule has 0 amide bonds. The highest BCUT2D eigenvalue weighted by molar-refractivity contribution is 5.43. The van der Waals surface area contributed by atoms with Crippen molar-refractivity contribution >= 4 is 5.82 Å². The van der Waals surface area contributed by atoms with Crippen LogP contribution in [-0.2, 0) is 18.3 Å². The van der Waals surface area contributed by atoms with E-state index in [0.717, 1.165) is 38.6 Å². The molecule has 2 aromatic rings. The molecule has 4 rings (SSSR count). The zero-order valence-electron chi connectivity index (χ0n) is 14.0. The Labute approximate surface area is 141 Å². The molecule has 0 saturated carbocycles. The first-order valence-corrected chi connectivity index (χ1v) is 8.17. The summed E-state index contributed by atoms with van der Waals surface area (Å²) in [5.41, 5.74) is 1.24. The molecule has 0 aromatic carbocycles. The van der Waals surface area contributed by atoms with Gasteiger partial charge in [0.25, 0.3) is 0 Å². The monoisotopic (exact) mass is 330 g/mol. The Morgan fingerprint density at radius 3 is 3.04 bits per heavy atom. The van der Waals surface area contributed by atoms with Crippen LogP contribution in [-0.4, -0.2) is 70.1 Å². The summed E-state index contributed by atoms with van der Waals surface area (Å²) in [4.78, 5) is 13.2. The van der Waals surface area contributed by atoms with Gasteiger partial charge in [-0.15, -0.1) is 0 Å². The minimum absolute atomic E-state index is 0.205. The van der Waals surface area contributed by atoms with Crippen LogP contribution in [0.2, 0.25) is 0 Å². The first-order valence-electron chi connectivity index (χ1n) is 8.17. The van der Waals surface area contributed by atoms with E-state index in [2.05, 4.69) is 31.1 Å². The number of nitrogens with zero attached hydrogens (tertiary/aromatic N) is 6. The Bertz CT molecular complexity index is 705. The van der Waals surface area contributed by atoms with E-state index >= 15 is 0 Å². The molecule has 2 aromatic heterocycles. The summed E-state index contributed by atoms with van der Waals surface area (Å²) < 4.78 is 13.1. The van der Waals surface area contributed by atoms with Gasteiger partial charge in [-0.05, 0) is 0 Å². The molecule has 8 nitrogen and oxygen atoms in total. The van der Waals surface area contributed by atoms with Gasteiger partial charge in [-0.2, -0.15) is 5.10 Å². The standard InChI is InChI=1S/C16H22N6O2/c1-20-7-12(6-19-20)8-21-3-4-24-14-10-22(9-13(14)21)15-5-16(23-2)18-11-17-15/h5-7,11,13-14H,3-4,8-10H2,1-2H3/t13-,14+/m0/s1. The second-order valence-corrected chi connectivity index (χ2v) is 6.29. The molecule has 2 fully saturated rings. The third kappa shape index (κ3) is 2.94. The van der Waals surface area contributed by atoms with E-state index < -0.39 is 0 Å². The zero-order valence-corrected chi connectivity index (χ0v) is 14.0. The van der Waals surface area contributed by atoms with E-state index in [9.17, 15) is 0 Å². The number of anilines is 1. The van der Waals surface area contributed by atoms with Gasteiger partial charge < -0.3 is 14.4 Å². The van der Waals surface area contributed by atoms with Crippen LogP contribution >= 0.6 is 0 Å². The fourth-order valence-corrected chi connectivity index (χ4v) is 3.54. The molecule has 128 valence electrons. The van der Waals surface area contributed by atoms with E-state index in [1.165, 1.54) is 5.56 Å². The molecule has 0 radical (unpaired) electrons. The minimum atomic E-state index is 0.205. The largest absolute Gasteiger partial charge is 0.481 e. The van der Waals surface area contributed by atoms with E-state index in [0.29, 0.717) is 11.9 Å². The van der Waals surface area contributed by atoms with Gasteiger partial charge in [0.2, 0.25) is 5.88 Å². The SMILES string of the molecule is COc1cc(N2C[C@H]3OCCN(Cc4cnn(C)c4)[C@H]3C2)ncn1. The molecule has 24 heavy (non-hydrogen) atoms. The van der Waals surface area contributed by atoms with E-state index in [1.807, 2.05) is 24.0 Å². The summed E-state index contributed by atoms with van der Waals surface area (Å²) >= 11 is 0. The lowest BCUT2D eigenvalue weighted by Gasteiger charge is -2.36. The predicted molar refractivity (Wildman–Crippen MR) is 87.9 cm³/mol. The molecule has 0 bridgehead atoms. The van der Waals surface area contributed by atoms with Crippen molar-refractivity contribution < 1.29 is 9.47 Å². The third-order valence-electron chi connectivity index (χ3n) is 4.72. The van der Waals surface area contributed by atoms with Crippen molar-refractivity contribution in [2.24, 2.45) is 7.05 Å². The average Bonchev–Trinajstić information content (AvgIpc) is 3.22. The number of morpholine rings is 1. The van der Waals surface area contributed by atoms with Gasteiger partial charge in [0.05, 0.1) is 32.1 Å². The Kier molecular flexibility index (Phi) is 4.07. The van der Waals surface area contributed by atoms with Crippen molar-refractivity contribution in [3.63, 3.8) is 0 Å². The van der Waals surface area contributed by atoms with Crippen molar-refractivity contribution in [3.8, 4) is 5.88 Å². The van der Waals surface area contributed by atoms with Crippen LogP contribution in [0.4, 0.5) is 5.82 Å². The quantitative estimate of drug-likeness (QED) is 0.799. The van der Waals surface area contributed by atoms with Gasteiger partial charge in [0.1, 0.15) is 12.1 Å². The molecule has 2 aliphatic heterocycles. The van der Waals surface area contributed by atoms with Crippen molar-refractivity contribution in [3.05, 3.63) is 30.4 Å². The topological polar surface area (TPSA) is 68.5 Å². The number of rotatable bonds is 4. The highest BCUT2D eigenvalue weighted by atomic mass is 16.5. The number of aromatic nitrogens is 4. The van der Waals surface area contributed by atoms with Gasteiger partial charge >= 0.3 is 0 Å². The van der Waals surface area contributed by atoms with Crippen molar-refractivity contribution in [1.29, 1.82) is 0 Å². The summed E-state index contributed by atoms with van der Waals surface area (Å²) in [5, 5.41) is 4.27. The lowest BCUT2D eigenvalue weighted by Crippen LogP contribution is -2.50. The number of ether oxygens (including phenoxy) is 2. The molecule has 0 unspecified atom stereocenters. The smallest absolute Gasteiger partial charge is 0.218 e. The van der Waals surface area contributed by atoms with Crippen LogP contribution in [0, 0.1) is 0 Å². The van der Waals surface area contributed by atoms with Crippen molar-refractivity contribution in [2.75, 3.05) is 38.3 Å². The number of hydrogen-bond donors (Lipinski definition) is 0. The van der Waals surface area contributed by atoms with Crippen LogP contribution in [0.3, 0.4) is 0 Å². The number of hydrogen-bond acceptors (Lipinski definition) is 7. The molecule has 2 atom stereocenters. The minimum Gasteiger partial charge on any atom is -0.481 e. The van der Waals surface area contributed by atoms with Crippen LogP contribution < -0.4 is 9.64 Å². The third-order valence-corrected chi connectivity index (χ3v) is 4.72. The molecular weight excluding hydrogens is 308 g/mol. The van der Waals surface area contributed by atoms with Gasteiger partial charge in [-0.25, -0.2) is 9.97 Å². The molecular formula is C16H22N6O2. The zero-order chi connectivity index (χ0) is 16.5. The highest BCUT2D eigenvalue weighted by Gasteiger charge is 2.40. The molecule has 0 aliphatic carbocycles. The maximum Gasteiger partial charge on any atom is 0.218 e. The Balaban J connectivity index is 1.49. The molecule has 4 heterocycles. The number of aryl methyl sites for hydroxylation is 1. The Morgan fingerprint density at radius 1 is 1.33 bits per heavy atom. The van der Waals surface area contributed by atoms with Gasteiger partial charge in [0, 0.05) is 51.1 Å². The van der Waals surface area contributed by atoms with Gasteiger partial charge in [-0.3, -0.25) is 9.58 Å². The predicted octanol–water partition coefficient (Wildman–Crippen LogP) is 0.308. The number of methoxy groups -OCH3 is 1. The first-order chi connectivity index (χ1) is 11.7. The number of fused-ring (bicyclic) bond motifs is 1. The van der Waals surface area contributed by atoms with Crippen LogP contribution in [0.1, 0.15) is 5.56 Å². The molecule has 8 heteroatoms. The first kappa shape index (κ1) is 15.3. The molecule has 2 aliphatic rings. The lowest BCUT2D eigenvalue weighted by molar-refractivity contribution is -0.0499. The normalized spacial score (nSPS) is 24.2. The average molecular weight is 330 g/mol. The van der Waals surface area contributed by atoms with Gasteiger partial charge in [-0.1, -0.05) is 0 Å². The summed E-state index contributed by atoms with van der Waals surface area (Å²) in [7, 11) is 3.57. The van der Waals surface area contributed by atoms with Crippen molar-refractivity contribution in [2.45, 2.75) is 18.7 Å². The van der Waals surface area contributed by atoms with E-state index in [1.54, 1.807) is 13.4 Å². The molecule has 2 saturated heterocycles. The maximum atomic E-state index is 6.00. The Morgan fingerprint density at radius 2 is 2.25 bits per heavy atom. The second-order valence-electron chi connectivity index (χ2n) is 6.29. The summed E-state index contributed by atoms with van der Waals surface area (Å²) in [5.74, 6) is 1.48. The summed E-state index contributed by atoms with van der Waals surface area (Å²) in [6.45, 7) is 4.35. The summed E-state index contributed by atoms with van der Waals surface area (Å²) in [6, 6.07) is 2.24. The fraction of sp³-hybridized carbons (Fsp3) is 0.562. The fourth-order valence-electron chi connectivity index (χ4n) is 3.54. The van der Waals surface area contributed by atoms with Crippen LogP contribution in [0.5, 0.6) is 5.88 Å². The maximum absolute atomic E-state index is 6.00. The molecule has 0 N–H and O–H groups in total. The lowest BCUT2D eigenvalue weighted by atomic mass is 10.1. The highest BCUT2D eigenvalue weighted by Crippen LogP contribution is 2.28. The Hall–Kier alpha value is -2.19. The van der Waals surface area contributed by atoms with Crippen LogP contribution in [0.25, 0.3) is 0 Å². The van der Waals surface area contributed by atoms with E-state index in [-0.39, 0.29) is 6.10 Å². The molecule has 0 spiro atoms.